The van der Waals surface area contributed by atoms with Gasteiger partial charge in [0.1, 0.15) is 0 Å². The van der Waals surface area contributed by atoms with Crippen molar-refractivity contribution in [1.29, 1.82) is 0 Å². The van der Waals surface area contributed by atoms with Crippen molar-refractivity contribution in [3.8, 4) is 0 Å². The maximum atomic E-state index is 6.32. The van der Waals surface area contributed by atoms with Crippen LogP contribution in [0.5, 0.6) is 0 Å². The van der Waals surface area contributed by atoms with Crippen LogP contribution in [0.3, 0.4) is 0 Å². The quantitative estimate of drug-likeness (QED) is 0.807. The molecule has 82 valence electrons. The van der Waals surface area contributed by atoms with E-state index in [2.05, 4.69) is 43.3 Å². The van der Waals surface area contributed by atoms with Crippen LogP contribution in [-0.4, -0.2) is 0 Å². The maximum absolute atomic E-state index is 6.32. The molecule has 0 aliphatic heterocycles. The van der Waals surface area contributed by atoms with E-state index in [9.17, 15) is 0 Å². The number of hydrogen-bond donors (Lipinski definition) is 1. The van der Waals surface area contributed by atoms with Crippen molar-refractivity contribution in [2.75, 3.05) is 0 Å². The molecule has 0 spiro atoms. The summed E-state index contributed by atoms with van der Waals surface area (Å²) in [5.41, 5.74) is 8.97. The molecule has 2 N–H and O–H groups in total. The Morgan fingerprint density at radius 1 is 1.06 bits per heavy atom. The Kier molecular flexibility index (Phi) is 2.22. The number of aryl methyl sites for hydroxylation is 1. The van der Waals surface area contributed by atoms with Gasteiger partial charge in [-0.15, -0.1) is 0 Å². The molecule has 2 aromatic rings. The lowest BCUT2D eigenvalue weighted by Gasteiger charge is -2.15. The number of nitrogens with two attached hydrogens (primary N) is 1. The molecule has 1 heteroatoms. The van der Waals surface area contributed by atoms with E-state index in [1.165, 1.54) is 34.7 Å². The monoisotopic (exact) mass is 211 g/mol. The van der Waals surface area contributed by atoms with Gasteiger partial charge >= 0.3 is 0 Å². The van der Waals surface area contributed by atoms with Crippen LogP contribution in [0, 0.1) is 12.8 Å². The number of hydrogen-bond acceptors (Lipinski definition) is 1. The van der Waals surface area contributed by atoms with Crippen LogP contribution in [0.15, 0.2) is 36.4 Å². The third-order valence-electron chi connectivity index (χ3n) is 3.66. The fourth-order valence-corrected chi connectivity index (χ4v) is 2.47. The van der Waals surface area contributed by atoms with Crippen LogP contribution in [0.25, 0.3) is 10.8 Å². The number of rotatable bonds is 2. The highest BCUT2D eigenvalue weighted by atomic mass is 14.7. The van der Waals surface area contributed by atoms with Gasteiger partial charge in [0, 0.05) is 6.04 Å². The van der Waals surface area contributed by atoms with Gasteiger partial charge in [0.05, 0.1) is 0 Å². The SMILES string of the molecule is Cc1ccc(C(N)C2CC2)c2ccccc12. The van der Waals surface area contributed by atoms with Crippen molar-refractivity contribution in [1.82, 2.24) is 0 Å². The van der Waals surface area contributed by atoms with Gasteiger partial charge < -0.3 is 5.73 Å². The molecule has 0 saturated heterocycles. The zero-order valence-electron chi connectivity index (χ0n) is 9.61. The van der Waals surface area contributed by atoms with Crippen LogP contribution in [0.1, 0.15) is 30.0 Å². The smallest absolute Gasteiger partial charge is 0.0329 e. The van der Waals surface area contributed by atoms with Crippen LogP contribution in [0.4, 0.5) is 0 Å². The molecule has 0 bridgehead atoms. The first kappa shape index (κ1) is 9.86. The molecular formula is C15H17N. The molecule has 1 saturated carbocycles. The molecule has 1 aliphatic carbocycles. The van der Waals surface area contributed by atoms with Crippen molar-refractivity contribution in [2.45, 2.75) is 25.8 Å². The van der Waals surface area contributed by atoms with E-state index in [4.69, 9.17) is 5.73 Å². The maximum Gasteiger partial charge on any atom is 0.0329 e. The highest BCUT2D eigenvalue weighted by Gasteiger charge is 2.30. The van der Waals surface area contributed by atoms with Gasteiger partial charge in [-0.1, -0.05) is 36.4 Å². The predicted molar refractivity (Wildman–Crippen MR) is 68.3 cm³/mol. The third-order valence-corrected chi connectivity index (χ3v) is 3.66. The molecule has 1 aliphatic rings. The fourth-order valence-electron chi connectivity index (χ4n) is 2.47. The molecule has 1 fully saturated rings. The first-order chi connectivity index (χ1) is 7.77. The highest BCUT2D eigenvalue weighted by molar-refractivity contribution is 5.88. The molecule has 3 rings (SSSR count). The van der Waals surface area contributed by atoms with E-state index in [1.807, 2.05) is 0 Å². The number of fused-ring (bicyclic) bond motifs is 1. The zero-order chi connectivity index (χ0) is 11.1. The van der Waals surface area contributed by atoms with E-state index in [1.54, 1.807) is 0 Å². The Morgan fingerprint density at radius 3 is 2.44 bits per heavy atom. The van der Waals surface area contributed by atoms with Gasteiger partial charge in [0.15, 0.2) is 0 Å². The van der Waals surface area contributed by atoms with Gasteiger partial charge in [-0.3, -0.25) is 0 Å². The lowest BCUT2D eigenvalue weighted by atomic mass is 9.94. The van der Waals surface area contributed by atoms with Crippen molar-refractivity contribution in [3.05, 3.63) is 47.5 Å². The van der Waals surface area contributed by atoms with E-state index in [0.717, 1.165) is 0 Å². The molecule has 1 unspecified atom stereocenters. The van der Waals surface area contributed by atoms with Gasteiger partial charge in [0.25, 0.3) is 0 Å². The van der Waals surface area contributed by atoms with Crippen LogP contribution in [-0.2, 0) is 0 Å². The zero-order valence-corrected chi connectivity index (χ0v) is 9.61. The van der Waals surface area contributed by atoms with Gasteiger partial charge in [-0.25, -0.2) is 0 Å². The van der Waals surface area contributed by atoms with E-state index in [0.29, 0.717) is 5.92 Å². The normalized spacial score (nSPS) is 17.6. The summed E-state index contributed by atoms with van der Waals surface area (Å²) in [6.45, 7) is 2.16. The summed E-state index contributed by atoms with van der Waals surface area (Å²) in [4.78, 5) is 0. The van der Waals surface area contributed by atoms with E-state index < -0.39 is 0 Å². The van der Waals surface area contributed by atoms with Crippen LogP contribution < -0.4 is 5.73 Å². The van der Waals surface area contributed by atoms with Crippen LogP contribution in [0.2, 0.25) is 0 Å². The summed E-state index contributed by atoms with van der Waals surface area (Å²) >= 11 is 0. The molecule has 1 atom stereocenters. The second kappa shape index (κ2) is 3.60. The van der Waals surface area contributed by atoms with Crippen molar-refractivity contribution >= 4 is 10.8 Å². The summed E-state index contributed by atoms with van der Waals surface area (Å²) in [5.74, 6) is 0.714. The Hall–Kier alpha value is -1.34. The first-order valence-electron chi connectivity index (χ1n) is 6.01. The lowest BCUT2D eigenvalue weighted by Crippen LogP contribution is -2.12. The van der Waals surface area contributed by atoms with Gasteiger partial charge in [0.2, 0.25) is 0 Å². The summed E-state index contributed by atoms with van der Waals surface area (Å²) < 4.78 is 0. The fraction of sp³-hybridized carbons (Fsp3) is 0.333. The average Bonchev–Trinajstić information content (AvgIpc) is 3.13. The summed E-state index contributed by atoms with van der Waals surface area (Å²) in [5, 5.41) is 2.68. The van der Waals surface area contributed by atoms with Crippen LogP contribution >= 0.6 is 0 Å². The van der Waals surface area contributed by atoms with E-state index in [-0.39, 0.29) is 6.04 Å². The van der Waals surface area contributed by atoms with Crippen molar-refractivity contribution < 1.29 is 0 Å². The minimum atomic E-state index is 0.227. The highest BCUT2D eigenvalue weighted by Crippen LogP contribution is 2.41. The summed E-state index contributed by atoms with van der Waals surface area (Å²) in [6.07, 6.45) is 2.59. The largest absolute Gasteiger partial charge is 0.324 e. The second-order valence-electron chi connectivity index (χ2n) is 4.88. The Morgan fingerprint density at radius 2 is 1.75 bits per heavy atom. The Bertz CT molecular complexity index is 526. The minimum absolute atomic E-state index is 0.227. The molecule has 0 amide bonds. The molecule has 16 heavy (non-hydrogen) atoms. The lowest BCUT2D eigenvalue weighted by molar-refractivity contribution is 0.638. The Balaban J connectivity index is 2.20. The summed E-state index contributed by atoms with van der Waals surface area (Å²) in [7, 11) is 0. The first-order valence-corrected chi connectivity index (χ1v) is 6.01. The predicted octanol–water partition coefficient (Wildman–Crippen LogP) is 3.56. The van der Waals surface area contributed by atoms with E-state index >= 15 is 0 Å². The summed E-state index contributed by atoms with van der Waals surface area (Å²) in [6, 6.07) is 13.2. The molecule has 2 aromatic carbocycles. The topological polar surface area (TPSA) is 26.0 Å². The third kappa shape index (κ3) is 1.52. The Labute approximate surface area is 96.3 Å². The molecular weight excluding hydrogens is 194 g/mol. The standard InChI is InChI=1S/C15H17N/c1-10-6-9-14(15(16)11-7-8-11)13-5-3-2-4-12(10)13/h2-6,9,11,15H,7-8,16H2,1H3. The second-order valence-corrected chi connectivity index (χ2v) is 4.88. The van der Waals surface area contributed by atoms with Gasteiger partial charge in [-0.05, 0) is 47.6 Å². The minimum Gasteiger partial charge on any atom is -0.324 e. The number of benzene rings is 2. The average molecular weight is 211 g/mol. The van der Waals surface area contributed by atoms with Gasteiger partial charge in [-0.2, -0.15) is 0 Å². The van der Waals surface area contributed by atoms with Crippen molar-refractivity contribution in [3.63, 3.8) is 0 Å². The molecule has 0 aromatic heterocycles. The molecule has 1 nitrogen and oxygen atoms in total. The van der Waals surface area contributed by atoms with Crippen molar-refractivity contribution in [2.24, 2.45) is 11.7 Å². The molecule has 0 radical (unpaired) electrons. The molecule has 0 heterocycles.